The summed E-state index contributed by atoms with van der Waals surface area (Å²) in [5.74, 6) is 2.81. The second kappa shape index (κ2) is 7.21. The predicted molar refractivity (Wildman–Crippen MR) is 116 cm³/mol. The molecule has 1 aliphatic carbocycles. The van der Waals surface area contributed by atoms with Crippen LogP contribution in [-0.4, -0.2) is 15.0 Å². The van der Waals surface area contributed by atoms with Gasteiger partial charge in [0, 0.05) is 22.5 Å². The summed E-state index contributed by atoms with van der Waals surface area (Å²) in [7, 11) is 0. The quantitative estimate of drug-likeness (QED) is 0.416. The maximum Gasteiger partial charge on any atom is 0.110 e. The first-order valence-electron chi connectivity index (χ1n) is 10.2. The molecule has 1 unspecified atom stereocenters. The summed E-state index contributed by atoms with van der Waals surface area (Å²) in [6.45, 7) is 2.31. The number of nitrogens with zero attached hydrogens (tertiary/aromatic N) is 2. The van der Waals surface area contributed by atoms with Crippen molar-refractivity contribution in [2.75, 3.05) is 0 Å². The second-order valence-electron chi connectivity index (χ2n) is 8.15. The van der Waals surface area contributed by atoms with E-state index in [2.05, 4.69) is 47.4 Å². The van der Waals surface area contributed by atoms with Crippen molar-refractivity contribution in [1.82, 2.24) is 15.0 Å². The third-order valence-electron chi connectivity index (χ3n) is 6.46. The average molecular weight is 390 g/mol. The van der Waals surface area contributed by atoms with Crippen molar-refractivity contribution in [1.29, 1.82) is 0 Å². The molecule has 1 atom stereocenters. The molecular formula is C24H24ClN3. The Morgan fingerprint density at radius 3 is 2.68 bits per heavy atom. The number of hydrogen-bond donors (Lipinski definition) is 1. The van der Waals surface area contributed by atoms with Crippen LogP contribution in [0.3, 0.4) is 0 Å². The van der Waals surface area contributed by atoms with Gasteiger partial charge >= 0.3 is 0 Å². The van der Waals surface area contributed by atoms with E-state index in [1.54, 1.807) is 0 Å². The van der Waals surface area contributed by atoms with Crippen LogP contribution in [0.2, 0.25) is 5.02 Å². The van der Waals surface area contributed by atoms with Crippen molar-refractivity contribution < 1.29 is 0 Å². The SMILES string of the molecule is CC(c1nc2ccc(Cl)cc2[nH]1)C1CCC(c2cnc3ccccc3c2)CC1. The highest BCUT2D eigenvalue weighted by Crippen LogP contribution is 2.41. The molecule has 0 bridgehead atoms. The van der Waals surface area contributed by atoms with Crippen LogP contribution in [0.1, 0.15) is 55.8 Å². The van der Waals surface area contributed by atoms with Gasteiger partial charge in [0.2, 0.25) is 0 Å². The molecule has 1 aliphatic rings. The fourth-order valence-electron chi connectivity index (χ4n) is 4.70. The molecule has 1 N–H and O–H groups in total. The molecule has 1 saturated carbocycles. The Balaban J connectivity index is 1.30. The minimum absolute atomic E-state index is 0.432. The normalized spacial score (nSPS) is 21.2. The van der Waals surface area contributed by atoms with Gasteiger partial charge in [-0.3, -0.25) is 4.98 Å². The zero-order valence-corrected chi connectivity index (χ0v) is 16.8. The van der Waals surface area contributed by atoms with E-state index in [9.17, 15) is 0 Å². The Labute approximate surface area is 170 Å². The van der Waals surface area contributed by atoms with Crippen LogP contribution < -0.4 is 0 Å². The van der Waals surface area contributed by atoms with Gasteiger partial charge in [0.05, 0.1) is 16.6 Å². The summed E-state index contributed by atoms with van der Waals surface area (Å²) < 4.78 is 0. The Morgan fingerprint density at radius 1 is 1.00 bits per heavy atom. The standard InChI is InChI=1S/C24H24ClN3/c1-15(24-27-22-11-10-20(25)13-23(22)28-24)16-6-8-17(9-7-16)19-12-18-4-2-3-5-21(18)26-14-19/h2-5,10-17H,6-9H2,1H3,(H,27,28). The summed E-state index contributed by atoms with van der Waals surface area (Å²) in [5.41, 5.74) is 4.51. The summed E-state index contributed by atoms with van der Waals surface area (Å²) >= 11 is 6.11. The summed E-state index contributed by atoms with van der Waals surface area (Å²) in [6, 6.07) is 16.6. The van der Waals surface area contributed by atoms with Crippen molar-refractivity contribution >= 4 is 33.5 Å². The third-order valence-corrected chi connectivity index (χ3v) is 6.69. The van der Waals surface area contributed by atoms with Crippen molar-refractivity contribution in [3.8, 4) is 0 Å². The molecule has 3 nitrogen and oxygen atoms in total. The van der Waals surface area contributed by atoms with Crippen LogP contribution in [0.4, 0.5) is 0 Å². The first kappa shape index (κ1) is 17.7. The number of rotatable bonds is 3. The lowest BCUT2D eigenvalue weighted by Crippen LogP contribution is -2.19. The molecule has 2 heterocycles. The summed E-state index contributed by atoms with van der Waals surface area (Å²) in [4.78, 5) is 13.0. The number of pyridine rings is 1. The molecule has 0 radical (unpaired) electrons. The fourth-order valence-corrected chi connectivity index (χ4v) is 4.88. The van der Waals surface area contributed by atoms with Gasteiger partial charge in [0.1, 0.15) is 5.82 Å². The monoisotopic (exact) mass is 389 g/mol. The van der Waals surface area contributed by atoms with Crippen LogP contribution in [0, 0.1) is 5.92 Å². The third kappa shape index (κ3) is 3.29. The molecule has 0 aliphatic heterocycles. The van der Waals surface area contributed by atoms with Gasteiger partial charge < -0.3 is 4.98 Å². The number of aromatic nitrogens is 3. The zero-order valence-electron chi connectivity index (χ0n) is 16.0. The lowest BCUT2D eigenvalue weighted by atomic mass is 9.74. The molecule has 5 rings (SSSR count). The Hall–Kier alpha value is -2.39. The van der Waals surface area contributed by atoms with Crippen molar-refractivity contribution in [3.05, 3.63) is 71.1 Å². The number of halogens is 1. The van der Waals surface area contributed by atoms with E-state index in [0.717, 1.165) is 27.4 Å². The summed E-state index contributed by atoms with van der Waals surface area (Å²) in [6.07, 6.45) is 6.99. The van der Waals surface area contributed by atoms with Gasteiger partial charge in [-0.15, -0.1) is 0 Å². The van der Waals surface area contributed by atoms with Gasteiger partial charge in [-0.2, -0.15) is 0 Å². The summed E-state index contributed by atoms with van der Waals surface area (Å²) in [5, 5.41) is 2.00. The van der Waals surface area contributed by atoms with Gasteiger partial charge in [-0.1, -0.05) is 36.7 Å². The minimum Gasteiger partial charge on any atom is -0.342 e. The predicted octanol–water partition coefficient (Wildman–Crippen LogP) is 6.84. The van der Waals surface area contributed by atoms with Gasteiger partial charge in [0.15, 0.2) is 0 Å². The van der Waals surface area contributed by atoms with E-state index in [1.165, 1.54) is 36.6 Å². The van der Waals surface area contributed by atoms with Gasteiger partial charge in [-0.25, -0.2) is 4.98 Å². The fraction of sp³-hybridized carbons (Fsp3) is 0.333. The molecule has 2 aromatic heterocycles. The molecule has 4 aromatic rings. The number of benzene rings is 2. The number of nitrogens with one attached hydrogen (secondary N) is 1. The van der Waals surface area contributed by atoms with Crippen molar-refractivity contribution in [2.24, 2.45) is 5.92 Å². The van der Waals surface area contributed by atoms with E-state index >= 15 is 0 Å². The average Bonchev–Trinajstić information content (AvgIpc) is 3.16. The highest BCUT2D eigenvalue weighted by Gasteiger charge is 2.28. The van der Waals surface area contributed by atoms with E-state index in [-0.39, 0.29) is 0 Å². The maximum absolute atomic E-state index is 6.11. The molecule has 0 saturated heterocycles. The largest absolute Gasteiger partial charge is 0.342 e. The number of imidazole rings is 1. The number of H-pyrrole nitrogens is 1. The molecule has 142 valence electrons. The van der Waals surface area contributed by atoms with E-state index in [4.69, 9.17) is 16.6 Å². The van der Waals surface area contributed by atoms with E-state index in [1.807, 2.05) is 24.3 Å². The number of fused-ring (bicyclic) bond motifs is 2. The molecular weight excluding hydrogens is 366 g/mol. The van der Waals surface area contributed by atoms with E-state index in [0.29, 0.717) is 17.8 Å². The molecule has 1 fully saturated rings. The number of hydrogen-bond acceptors (Lipinski definition) is 2. The Morgan fingerprint density at radius 2 is 1.82 bits per heavy atom. The van der Waals surface area contributed by atoms with Crippen LogP contribution in [0.15, 0.2) is 54.7 Å². The minimum atomic E-state index is 0.432. The lowest BCUT2D eigenvalue weighted by Gasteiger charge is -2.31. The molecule has 2 aromatic carbocycles. The molecule has 0 spiro atoms. The number of para-hydroxylation sites is 1. The van der Waals surface area contributed by atoms with Gasteiger partial charge in [0.25, 0.3) is 0 Å². The van der Waals surface area contributed by atoms with Crippen molar-refractivity contribution in [2.45, 2.75) is 44.4 Å². The highest BCUT2D eigenvalue weighted by atomic mass is 35.5. The first-order chi connectivity index (χ1) is 13.7. The Kier molecular flexibility index (Phi) is 4.56. The lowest BCUT2D eigenvalue weighted by molar-refractivity contribution is 0.286. The van der Waals surface area contributed by atoms with Crippen LogP contribution in [0.25, 0.3) is 21.9 Å². The first-order valence-corrected chi connectivity index (χ1v) is 10.5. The van der Waals surface area contributed by atoms with Crippen LogP contribution >= 0.6 is 11.6 Å². The van der Waals surface area contributed by atoms with E-state index < -0.39 is 0 Å². The maximum atomic E-state index is 6.11. The topological polar surface area (TPSA) is 41.6 Å². The van der Waals surface area contributed by atoms with Crippen LogP contribution in [0.5, 0.6) is 0 Å². The smallest absolute Gasteiger partial charge is 0.110 e. The second-order valence-corrected chi connectivity index (χ2v) is 8.58. The zero-order chi connectivity index (χ0) is 19.1. The van der Waals surface area contributed by atoms with Gasteiger partial charge in [-0.05, 0) is 73.4 Å². The highest BCUT2D eigenvalue weighted by molar-refractivity contribution is 6.31. The van der Waals surface area contributed by atoms with Crippen molar-refractivity contribution in [3.63, 3.8) is 0 Å². The Bertz CT molecular complexity index is 1130. The molecule has 0 amide bonds. The van der Waals surface area contributed by atoms with Crippen LogP contribution in [-0.2, 0) is 0 Å². The molecule has 28 heavy (non-hydrogen) atoms. The molecule has 4 heteroatoms. The number of aromatic amines is 1.